The Morgan fingerprint density at radius 3 is 2.83 bits per heavy atom. The Morgan fingerprint density at radius 2 is 2.04 bits per heavy atom. The Hall–Kier alpha value is -1.63. The molecular weight excluding hydrogens is 326 g/mol. The van der Waals surface area contributed by atoms with Crippen molar-refractivity contribution in [2.45, 2.75) is 24.7 Å². The third-order valence-electron chi connectivity index (χ3n) is 4.06. The average molecular weight is 343 g/mol. The third kappa shape index (κ3) is 2.82. The molecule has 1 fully saturated rings. The summed E-state index contributed by atoms with van der Waals surface area (Å²) in [5, 5.41) is 0.687. The molecule has 2 aromatic heterocycles. The third-order valence-corrected chi connectivity index (χ3v) is 6.38. The van der Waals surface area contributed by atoms with E-state index in [4.69, 9.17) is 0 Å². The second kappa shape index (κ2) is 6.11. The maximum Gasteiger partial charge on any atom is 0.274 e. The van der Waals surface area contributed by atoms with Gasteiger partial charge in [-0.15, -0.1) is 0 Å². The second-order valence-electron chi connectivity index (χ2n) is 5.72. The zero-order valence-corrected chi connectivity index (χ0v) is 14.5. The molecule has 0 atom stereocenters. The van der Waals surface area contributed by atoms with E-state index in [0.29, 0.717) is 5.39 Å². The van der Waals surface area contributed by atoms with Gasteiger partial charge in [-0.3, -0.25) is 4.79 Å². The molecule has 1 aliphatic heterocycles. The number of rotatable bonds is 3. The molecule has 6 heteroatoms. The predicted octanol–water partition coefficient (Wildman–Crippen LogP) is 3.86. The van der Waals surface area contributed by atoms with Gasteiger partial charge < -0.3 is 0 Å². The summed E-state index contributed by atoms with van der Waals surface area (Å²) in [6.45, 7) is 4.40. The van der Waals surface area contributed by atoms with Gasteiger partial charge in [0.05, 0.1) is 11.1 Å². The smallest absolute Gasteiger partial charge is 0.267 e. The van der Waals surface area contributed by atoms with Crippen molar-refractivity contribution in [2.75, 3.05) is 13.1 Å². The van der Waals surface area contributed by atoms with E-state index in [1.807, 2.05) is 18.2 Å². The van der Waals surface area contributed by atoms with Crippen molar-refractivity contribution in [3.05, 3.63) is 52.4 Å². The highest BCUT2D eigenvalue weighted by Gasteiger charge is 2.16. The zero-order valence-electron chi connectivity index (χ0n) is 12.9. The molecule has 0 saturated carbocycles. The van der Waals surface area contributed by atoms with E-state index in [2.05, 4.69) is 28.3 Å². The summed E-state index contributed by atoms with van der Waals surface area (Å²) >= 11 is 3.21. The summed E-state index contributed by atoms with van der Waals surface area (Å²) in [5.41, 5.74) is 2.18. The molecule has 3 aromatic rings. The van der Waals surface area contributed by atoms with Gasteiger partial charge in [0.15, 0.2) is 0 Å². The number of nitrogens with zero attached hydrogens (tertiary/aromatic N) is 3. The van der Waals surface area contributed by atoms with E-state index in [9.17, 15) is 4.79 Å². The lowest BCUT2D eigenvalue weighted by atomic mass is 10.2. The monoisotopic (exact) mass is 343 g/mol. The highest BCUT2D eigenvalue weighted by Crippen LogP contribution is 2.31. The fraction of sp³-hybridized carbons (Fsp3) is 0.294. The number of hydrogen-bond acceptors (Lipinski definition) is 5. The Kier molecular flexibility index (Phi) is 3.97. The molecule has 0 aliphatic carbocycles. The standard InChI is InChI=1S/C17H17N3OS2/c1-12-6-7-13(11-15(12)22-19-9-2-3-10-19)20-17(21)14-5-4-8-18-16(14)23-20/h4-8,11H,2-3,9-10H2,1H3. The van der Waals surface area contributed by atoms with Crippen molar-refractivity contribution in [1.82, 2.24) is 13.2 Å². The normalized spacial score (nSPS) is 15.5. The highest BCUT2D eigenvalue weighted by molar-refractivity contribution is 7.97. The van der Waals surface area contributed by atoms with Gasteiger partial charge in [0.1, 0.15) is 4.83 Å². The fourth-order valence-corrected chi connectivity index (χ4v) is 4.80. The number of aryl methyl sites for hydroxylation is 1. The van der Waals surface area contributed by atoms with Gasteiger partial charge in [-0.1, -0.05) is 6.07 Å². The van der Waals surface area contributed by atoms with Crippen LogP contribution in [0.3, 0.4) is 0 Å². The Morgan fingerprint density at radius 1 is 1.22 bits per heavy atom. The molecule has 3 heterocycles. The molecule has 1 aromatic carbocycles. The molecule has 0 bridgehead atoms. The van der Waals surface area contributed by atoms with Crippen LogP contribution in [-0.4, -0.2) is 26.3 Å². The minimum absolute atomic E-state index is 0.0130. The summed E-state index contributed by atoms with van der Waals surface area (Å²) in [4.78, 5) is 18.9. The highest BCUT2D eigenvalue weighted by atomic mass is 32.2. The van der Waals surface area contributed by atoms with Gasteiger partial charge in [-0.05, 0) is 73.1 Å². The first-order valence-corrected chi connectivity index (χ1v) is 9.28. The number of pyridine rings is 1. The van der Waals surface area contributed by atoms with Gasteiger partial charge in [-0.25, -0.2) is 13.2 Å². The van der Waals surface area contributed by atoms with E-state index in [0.717, 1.165) is 23.6 Å². The summed E-state index contributed by atoms with van der Waals surface area (Å²) < 4.78 is 4.15. The molecular formula is C17H17N3OS2. The largest absolute Gasteiger partial charge is 0.274 e. The molecule has 1 saturated heterocycles. The number of hydrogen-bond donors (Lipinski definition) is 0. The Bertz CT molecular complexity index is 910. The van der Waals surface area contributed by atoms with Crippen LogP contribution in [0.15, 0.2) is 46.2 Å². The average Bonchev–Trinajstić information content (AvgIpc) is 3.18. The van der Waals surface area contributed by atoms with Gasteiger partial charge in [0, 0.05) is 24.2 Å². The van der Waals surface area contributed by atoms with Gasteiger partial charge >= 0.3 is 0 Å². The first kappa shape index (κ1) is 14.9. The van der Waals surface area contributed by atoms with Crippen LogP contribution >= 0.6 is 23.5 Å². The van der Waals surface area contributed by atoms with Crippen molar-refractivity contribution < 1.29 is 0 Å². The molecule has 0 unspecified atom stereocenters. The minimum atomic E-state index is 0.0130. The molecule has 0 radical (unpaired) electrons. The van der Waals surface area contributed by atoms with Crippen LogP contribution in [0, 0.1) is 6.92 Å². The van der Waals surface area contributed by atoms with Crippen molar-refractivity contribution in [3.8, 4) is 5.69 Å². The lowest BCUT2D eigenvalue weighted by Crippen LogP contribution is -2.12. The lowest BCUT2D eigenvalue weighted by Gasteiger charge is -2.15. The lowest BCUT2D eigenvalue weighted by molar-refractivity contribution is 0.586. The van der Waals surface area contributed by atoms with Gasteiger partial charge in [0.2, 0.25) is 0 Å². The minimum Gasteiger partial charge on any atom is -0.267 e. The maximum atomic E-state index is 12.6. The molecule has 0 amide bonds. The summed E-state index contributed by atoms with van der Waals surface area (Å²) in [6.07, 6.45) is 4.27. The van der Waals surface area contributed by atoms with E-state index < -0.39 is 0 Å². The van der Waals surface area contributed by atoms with Gasteiger partial charge in [-0.2, -0.15) is 0 Å². The van der Waals surface area contributed by atoms with Crippen molar-refractivity contribution in [3.63, 3.8) is 0 Å². The first-order chi connectivity index (χ1) is 11.2. The predicted molar refractivity (Wildman–Crippen MR) is 96.6 cm³/mol. The number of fused-ring (bicyclic) bond motifs is 1. The number of aromatic nitrogens is 2. The maximum absolute atomic E-state index is 12.6. The van der Waals surface area contributed by atoms with Gasteiger partial charge in [0.25, 0.3) is 5.56 Å². The molecule has 4 rings (SSSR count). The summed E-state index contributed by atoms with van der Waals surface area (Å²) in [7, 11) is 0. The van der Waals surface area contributed by atoms with Crippen LogP contribution < -0.4 is 5.56 Å². The van der Waals surface area contributed by atoms with Crippen molar-refractivity contribution in [1.29, 1.82) is 0 Å². The second-order valence-corrected chi connectivity index (χ2v) is 7.80. The molecule has 0 N–H and O–H groups in total. The summed E-state index contributed by atoms with van der Waals surface area (Å²) in [6, 6.07) is 9.88. The van der Waals surface area contributed by atoms with Crippen molar-refractivity contribution in [2.24, 2.45) is 0 Å². The zero-order chi connectivity index (χ0) is 15.8. The van der Waals surface area contributed by atoms with Crippen molar-refractivity contribution >= 4 is 33.7 Å². The van der Waals surface area contributed by atoms with Crippen LogP contribution in [0.2, 0.25) is 0 Å². The molecule has 23 heavy (non-hydrogen) atoms. The quantitative estimate of drug-likeness (QED) is 0.677. The topological polar surface area (TPSA) is 38.1 Å². The molecule has 118 valence electrons. The fourth-order valence-electron chi connectivity index (χ4n) is 2.77. The van der Waals surface area contributed by atoms with E-state index in [-0.39, 0.29) is 5.56 Å². The first-order valence-electron chi connectivity index (χ1n) is 7.73. The molecule has 1 aliphatic rings. The van der Waals surface area contributed by atoms with E-state index >= 15 is 0 Å². The summed E-state index contributed by atoms with van der Waals surface area (Å²) in [5.74, 6) is 0. The van der Waals surface area contributed by atoms with E-state index in [1.54, 1.807) is 22.1 Å². The van der Waals surface area contributed by atoms with Crippen LogP contribution in [0.5, 0.6) is 0 Å². The van der Waals surface area contributed by atoms with E-state index in [1.165, 1.54) is 34.8 Å². The van der Waals surface area contributed by atoms with Crippen LogP contribution in [0.1, 0.15) is 18.4 Å². The number of benzene rings is 1. The van der Waals surface area contributed by atoms with Crippen LogP contribution in [0.4, 0.5) is 0 Å². The van der Waals surface area contributed by atoms with Crippen LogP contribution in [-0.2, 0) is 0 Å². The molecule has 0 spiro atoms. The SMILES string of the molecule is Cc1ccc(-n2sc3ncccc3c2=O)cc1SN1CCCC1. The Balaban J connectivity index is 1.75. The molecule has 4 nitrogen and oxygen atoms in total. The van der Waals surface area contributed by atoms with Crippen LogP contribution in [0.25, 0.3) is 15.9 Å². The Labute approximate surface area is 143 Å².